The first-order valence-corrected chi connectivity index (χ1v) is 2.81. The van der Waals surface area contributed by atoms with Gasteiger partial charge in [-0.2, -0.15) is 0 Å². The predicted octanol–water partition coefficient (Wildman–Crippen LogP) is 1.83. The average Bonchev–Trinajstić information content (AvgIpc) is 1.62. The summed E-state index contributed by atoms with van der Waals surface area (Å²) >= 11 is 0. The highest BCUT2D eigenvalue weighted by Crippen LogP contribution is 2.15. The van der Waals surface area contributed by atoms with E-state index in [1.807, 2.05) is 20.8 Å². The van der Waals surface area contributed by atoms with E-state index >= 15 is 0 Å². The van der Waals surface area contributed by atoms with Gasteiger partial charge in [-0.25, -0.2) is 0 Å². The second kappa shape index (κ2) is 2.29. The third-order valence-corrected chi connectivity index (χ3v) is 1.06. The van der Waals surface area contributed by atoms with Crippen LogP contribution >= 0.6 is 0 Å². The molecular formula is C7H13O. The summed E-state index contributed by atoms with van der Waals surface area (Å²) < 4.78 is 0. The molecule has 0 aromatic heterocycles. The summed E-state index contributed by atoms with van der Waals surface area (Å²) in [4.78, 5) is 10.8. The van der Waals surface area contributed by atoms with Crippen molar-refractivity contribution in [2.45, 2.75) is 27.2 Å². The molecule has 1 nitrogen and oxygen atoms in total. The molecule has 0 fully saturated rings. The Morgan fingerprint density at radius 2 is 1.88 bits per heavy atom. The zero-order valence-electron chi connectivity index (χ0n) is 5.82. The monoisotopic (exact) mass is 113 g/mol. The van der Waals surface area contributed by atoms with Crippen molar-refractivity contribution in [1.82, 2.24) is 0 Å². The third-order valence-electron chi connectivity index (χ3n) is 1.06. The van der Waals surface area contributed by atoms with Crippen molar-refractivity contribution < 1.29 is 4.79 Å². The number of hydrogen-bond donors (Lipinski definition) is 0. The first-order valence-electron chi connectivity index (χ1n) is 2.81. The number of Topliss-reactive ketones (excluding diaryl/α,β-unsaturated/α-hetero) is 1. The Morgan fingerprint density at radius 3 is 1.88 bits per heavy atom. The van der Waals surface area contributed by atoms with Crippen molar-refractivity contribution in [2.24, 2.45) is 5.41 Å². The van der Waals surface area contributed by atoms with Crippen LogP contribution in [0.1, 0.15) is 27.2 Å². The van der Waals surface area contributed by atoms with Crippen molar-refractivity contribution in [2.75, 3.05) is 0 Å². The van der Waals surface area contributed by atoms with Gasteiger partial charge in [0.2, 0.25) is 0 Å². The Bertz CT molecular complexity index is 87.1. The molecule has 0 aromatic carbocycles. The van der Waals surface area contributed by atoms with E-state index in [1.54, 1.807) is 0 Å². The molecule has 0 unspecified atom stereocenters. The number of carbonyl (C=O) groups excluding carboxylic acids is 1. The molecule has 0 aliphatic carbocycles. The second-order valence-corrected chi connectivity index (χ2v) is 2.92. The van der Waals surface area contributed by atoms with Crippen LogP contribution in [0.4, 0.5) is 0 Å². The molecule has 0 aromatic rings. The van der Waals surface area contributed by atoms with Crippen LogP contribution in [0.15, 0.2) is 0 Å². The van der Waals surface area contributed by atoms with E-state index < -0.39 is 0 Å². The molecule has 1 radical (unpaired) electrons. The van der Waals surface area contributed by atoms with Crippen molar-refractivity contribution >= 4 is 5.78 Å². The highest BCUT2D eigenvalue weighted by molar-refractivity contribution is 5.83. The van der Waals surface area contributed by atoms with Gasteiger partial charge in [-0.3, -0.25) is 4.79 Å². The van der Waals surface area contributed by atoms with E-state index in [9.17, 15) is 4.79 Å². The van der Waals surface area contributed by atoms with Gasteiger partial charge in [0.15, 0.2) is 0 Å². The standard InChI is InChI=1S/C7H13O/c1-5-6(8)7(2,3)4/h1,5H2,2-4H3. The first kappa shape index (κ1) is 7.67. The Hall–Kier alpha value is -0.330. The van der Waals surface area contributed by atoms with Crippen molar-refractivity contribution in [3.63, 3.8) is 0 Å². The minimum absolute atomic E-state index is 0.193. The number of hydrogen-bond acceptors (Lipinski definition) is 1. The minimum Gasteiger partial charge on any atom is -0.299 e. The molecule has 0 aliphatic rings. The van der Waals surface area contributed by atoms with Gasteiger partial charge < -0.3 is 0 Å². The van der Waals surface area contributed by atoms with Gasteiger partial charge in [-0.05, 0) is 6.92 Å². The summed E-state index contributed by atoms with van der Waals surface area (Å²) in [7, 11) is 0. The number of carbonyl (C=O) groups is 1. The zero-order valence-corrected chi connectivity index (χ0v) is 5.82. The number of rotatable bonds is 1. The van der Waals surface area contributed by atoms with Crippen LogP contribution < -0.4 is 0 Å². The number of ketones is 1. The van der Waals surface area contributed by atoms with Crippen molar-refractivity contribution in [1.29, 1.82) is 0 Å². The normalized spacial score (nSPS) is 11.5. The molecule has 0 aliphatic heterocycles. The molecule has 1 heteroatoms. The highest BCUT2D eigenvalue weighted by atomic mass is 16.1. The van der Waals surface area contributed by atoms with Gasteiger partial charge in [0.1, 0.15) is 5.78 Å². The van der Waals surface area contributed by atoms with E-state index in [1.165, 1.54) is 0 Å². The topological polar surface area (TPSA) is 17.1 Å². The fourth-order valence-electron chi connectivity index (χ4n) is 0.375. The maximum atomic E-state index is 10.8. The second-order valence-electron chi connectivity index (χ2n) is 2.92. The molecule has 0 saturated heterocycles. The first-order chi connectivity index (χ1) is 3.48. The summed E-state index contributed by atoms with van der Waals surface area (Å²) in [5.74, 6) is 0.220. The smallest absolute Gasteiger partial charge is 0.138 e. The molecule has 0 rings (SSSR count). The summed E-state index contributed by atoms with van der Waals surface area (Å²) in [6.07, 6.45) is 0.406. The van der Waals surface area contributed by atoms with Gasteiger partial charge in [0.05, 0.1) is 0 Å². The minimum atomic E-state index is -0.193. The molecule has 0 spiro atoms. The zero-order chi connectivity index (χ0) is 6.78. The molecule has 0 N–H and O–H groups in total. The van der Waals surface area contributed by atoms with Gasteiger partial charge in [-0.1, -0.05) is 20.8 Å². The molecule has 0 saturated carbocycles. The largest absolute Gasteiger partial charge is 0.299 e. The van der Waals surface area contributed by atoms with Crippen LogP contribution in [-0.2, 0) is 4.79 Å². The molecule has 47 valence electrons. The van der Waals surface area contributed by atoms with Gasteiger partial charge >= 0.3 is 0 Å². The Labute approximate surface area is 51.1 Å². The van der Waals surface area contributed by atoms with E-state index in [0.29, 0.717) is 6.42 Å². The van der Waals surface area contributed by atoms with E-state index in [4.69, 9.17) is 0 Å². The van der Waals surface area contributed by atoms with Crippen LogP contribution in [0.25, 0.3) is 0 Å². The van der Waals surface area contributed by atoms with Crippen LogP contribution in [0.3, 0.4) is 0 Å². The summed E-state index contributed by atoms with van der Waals surface area (Å²) in [5, 5.41) is 0. The highest BCUT2D eigenvalue weighted by Gasteiger charge is 2.17. The fourth-order valence-corrected chi connectivity index (χ4v) is 0.375. The lowest BCUT2D eigenvalue weighted by atomic mass is 9.90. The van der Waals surface area contributed by atoms with E-state index in [0.717, 1.165) is 0 Å². The lowest BCUT2D eigenvalue weighted by Crippen LogP contribution is -2.18. The van der Waals surface area contributed by atoms with Gasteiger partial charge in [0.25, 0.3) is 0 Å². The third kappa shape index (κ3) is 2.10. The maximum absolute atomic E-state index is 10.8. The van der Waals surface area contributed by atoms with Crippen LogP contribution in [-0.4, -0.2) is 5.78 Å². The van der Waals surface area contributed by atoms with Crippen LogP contribution in [0.2, 0.25) is 0 Å². The molecule has 0 heterocycles. The van der Waals surface area contributed by atoms with Crippen LogP contribution in [0, 0.1) is 12.3 Å². The van der Waals surface area contributed by atoms with E-state index in [-0.39, 0.29) is 11.2 Å². The van der Waals surface area contributed by atoms with Gasteiger partial charge in [0, 0.05) is 11.8 Å². The molecule has 0 bridgehead atoms. The predicted molar refractivity (Wildman–Crippen MR) is 34.4 cm³/mol. The quantitative estimate of drug-likeness (QED) is 0.507. The summed E-state index contributed by atoms with van der Waals surface area (Å²) in [5.41, 5.74) is -0.193. The van der Waals surface area contributed by atoms with Gasteiger partial charge in [-0.15, -0.1) is 0 Å². The molecular weight excluding hydrogens is 100 g/mol. The van der Waals surface area contributed by atoms with Crippen LogP contribution in [0.5, 0.6) is 0 Å². The molecule has 0 atom stereocenters. The fraction of sp³-hybridized carbons (Fsp3) is 0.714. The molecule has 0 amide bonds. The lowest BCUT2D eigenvalue weighted by molar-refractivity contribution is -0.125. The molecule has 8 heavy (non-hydrogen) atoms. The SMILES string of the molecule is [CH2]CC(=O)C(C)(C)C. The Kier molecular flexibility index (Phi) is 2.20. The average molecular weight is 113 g/mol. The van der Waals surface area contributed by atoms with E-state index in [2.05, 4.69) is 6.92 Å². The van der Waals surface area contributed by atoms with Crippen molar-refractivity contribution in [3.05, 3.63) is 6.92 Å². The lowest BCUT2D eigenvalue weighted by Gasteiger charge is -2.13. The Morgan fingerprint density at radius 1 is 1.50 bits per heavy atom. The van der Waals surface area contributed by atoms with Crippen molar-refractivity contribution in [3.8, 4) is 0 Å². The summed E-state index contributed by atoms with van der Waals surface area (Å²) in [6, 6.07) is 0. The summed E-state index contributed by atoms with van der Waals surface area (Å²) in [6.45, 7) is 9.21. The Balaban J connectivity index is 3.82. The maximum Gasteiger partial charge on any atom is 0.138 e.